The maximum Gasteiger partial charge on any atom is 0.228 e. The predicted octanol–water partition coefficient (Wildman–Crippen LogP) is 2.21. The van der Waals surface area contributed by atoms with Crippen molar-refractivity contribution in [3.05, 3.63) is 41.5 Å². The van der Waals surface area contributed by atoms with Gasteiger partial charge in [-0.3, -0.25) is 0 Å². The van der Waals surface area contributed by atoms with E-state index in [0.29, 0.717) is 18.4 Å². The van der Waals surface area contributed by atoms with Gasteiger partial charge in [0.2, 0.25) is 5.89 Å². The summed E-state index contributed by atoms with van der Waals surface area (Å²) in [6.07, 6.45) is 2.47. The van der Waals surface area contributed by atoms with Crippen LogP contribution in [-0.2, 0) is 12.8 Å². The summed E-state index contributed by atoms with van der Waals surface area (Å²) < 4.78 is 10.4. The third-order valence-corrected chi connectivity index (χ3v) is 3.35. The Morgan fingerprint density at radius 1 is 1.30 bits per heavy atom. The van der Waals surface area contributed by atoms with Crippen LogP contribution in [0.1, 0.15) is 30.6 Å². The van der Waals surface area contributed by atoms with Crippen LogP contribution in [0.5, 0.6) is 5.75 Å². The molecule has 1 unspecified atom stereocenters. The Kier molecular flexibility index (Phi) is 5.12. The average Bonchev–Trinajstić information content (AvgIpc) is 2.92. The first-order chi connectivity index (χ1) is 9.75. The number of ether oxygens (including phenoxy) is 1. The van der Waals surface area contributed by atoms with Gasteiger partial charge in [0.05, 0.1) is 7.11 Å². The first-order valence-electron chi connectivity index (χ1n) is 6.86. The van der Waals surface area contributed by atoms with Gasteiger partial charge in [0.15, 0.2) is 5.82 Å². The normalized spacial score (nSPS) is 12.3. The Morgan fingerprint density at radius 3 is 2.65 bits per heavy atom. The zero-order valence-electron chi connectivity index (χ0n) is 12.2. The van der Waals surface area contributed by atoms with E-state index in [0.717, 1.165) is 30.0 Å². The van der Waals surface area contributed by atoms with Gasteiger partial charge in [-0.1, -0.05) is 24.2 Å². The zero-order valence-corrected chi connectivity index (χ0v) is 12.2. The van der Waals surface area contributed by atoms with E-state index in [2.05, 4.69) is 22.4 Å². The lowest BCUT2D eigenvalue weighted by atomic mass is 10.1. The molecule has 0 bridgehead atoms. The van der Waals surface area contributed by atoms with Gasteiger partial charge in [-0.05, 0) is 31.2 Å². The highest BCUT2D eigenvalue weighted by atomic mass is 16.5. The molecular formula is C15H21N3O2. The second-order valence-corrected chi connectivity index (χ2v) is 4.73. The molecule has 0 amide bonds. The molecule has 2 rings (SSSR count). The number of benzene rings is 1. The summed E-state index contributed by atoms with van der Waals surface area (Å²) in [4.78, 5) is 4.43. The topological polar surface area (TPSA) is 60.2 Å². The molecule has 0 fully saturated rings. The minimum Gasteiger partial charge on any atom is -0.497 e. The van der Waals surface area contributed by atoms with Crippen LogP contribution in [0.15, 0.2) is 28.8 Å². The second-order valence-electron chi connectivity index (χ2n) is 4.73. The van der Waals surface area contributed by atoms with Crippen molar-refractivity contribution in [2.45, 2.75) is 32.2 Å². The van der Waals surface area contributed by atoms with Gasteiger partial charge in [0, 0.05) is 18.9 Å². The summed E-state index contributed by atoms with van der Waals surface area (Å²) in [6, 6.07) is 8.27. The predicted molar refractivity (Wildman–Crippen MR) is 76.9 cm³/mol. The molecule has 2 aromatic rings. The zero-order chi connectivity index (χ0) is 14.4. The molecule has 1 aromatic carbocycles. The Balaban J connectivity index is 1.97. The molecule has 108 valence electrons. The lowest BCUT2D eigenvalue weighted by Crippen LogP contribution is -2.26. The van der Waals surface area contributed by atoms with E-state index in [9.17, 15) is 0 Å². The summed E-state index contributed by atoms with van der Waals surface area (Å²) in [5.41, 5.74) is 1.14. The molecule has 0 aliphatic carbocycles. The summed E-state index contributed by atoms with van der Waals surface area (Å²) in [7, 11) is 3.61. The van der Waals surface area contributed by atoms with Crippen molar-refractivity contribution in [3.8, 4) is 5.75 Å². The molecular weight excluding hydrogens is 254 g/mol. The minimum atomic E-state index is 0.379. The van der Waals surface area contributed by atoms with Gasteiger partial charge >= 0.3 is 0 Å². The largest absolute Gasteiger partial charge is 0.497 e. The van der Waals surface area contributed by atoms with E-state index in [-0.39, 0.29) is 0 Å². The van der Waals surface area contributed by atoms with Crippen molar-refractivity contribution in [1.29, 1.82) is 0 Å². The van der Waals surface area contributed by atoms with E-state index in [1.807, 2.05) is 31.3 Å². The molecule has 0 aliphatic rings. The van der Waals surface area contributed by atoms with Crippen molar-refractivity contribution in [1.82, 2.24) is 15.5 Å². The molecule has 1 atom stereocenters. The summed E-state index contributed by atoms with van der Waals surface area (Å²) >= 11 is 0. The molecule has 20 heavy (non-hydrogen) atoms. The maximum atomic E-state index is 5.29. The Hall–Kier alpha value is -1.88. The van der Waals surface area contributed by atoms with Gasteiger partial charge in [-0.2, -0.15) is 4.98 Å². The van der Waals surface area contributed by atoms with Gasteiger partial charge in [-0.15, -0.1) is 0 Å². The SMILES string of the molecule is CCC(Cc1nc(Cc2ccc(OC)cc2)no1)NC. The number of methoxy groups -OCH3 is 1. The van der Waals surface area contributed by atoms with E-state index in [1.54, 1.807) is 7.11 Å². The number of nitrogens with one attached hydrogen (secondary N) is 1. The Bertz CT molecular complexity index is 518. The molecule has 0 saturated heterocycles. The van der Waals surface area contributed by atoms with Crippen molar-refractivity contribution in [3.63, 3.8) is 0 Å². The van der Waals surface area contributed by atoms with Crippen molar-refractivity contribution >= 4 is 0 Å². The lowest BCUT2D eigenvalue weighted by Gasteiger charge is -2.09. The number of hydrogen-bond acceptors (Lipinski definition) is 5. The van der Waals surface area contributed by atoms with Gasteiger partial charge < -0.3 is 14.6 Å². The monoisotopic (exact) mass is 275 g/mol. The molecule has 1 heterocycles. The van der Waals surface area contributed by atoms with Crippen molar-refractivity contribution in [2.75, 3.05) is 14.2 Å². The van der Waals surface area contributed by atoms with Crippen molar-refractivity contribution < 1.29 is 9.26 Å². The van der Waals surface area contributed by atoms with Crippen molar-refractivity contribution in [2.24, 2.45) is 0 Å². The fourth-order valence-corrected chi connectivity index (χ4v) is 2.03. The fourth-order valence-electron chi connectivity index (χ4n) is 2.03. The van der Waals surface area contributed by atoms with Crippen LogP contribution < -0.4 is 10.1 Å². The molecule has 1 N–H and O–H groups in total. The smallest absolute Gasteiger partial charge is 0.228 e. The van der Waals surface area contributed by atoms with Gasteiger partial charge in [0.25, 0.3) is 0 Å². The number of hydrogen-bond donors (Lipinski definition) is 1. The minimum absolute atomic E-state index is 0.379. The number of rotatable bonds is 7. The van der Waals surface area contributed by atoms with E-state index in [4.69, 9.17) is 9.26 Å². The second kappa shape index (κ2) is 7.05. The molecule has 5 heteroatoms. The quantitative estimate of drug-likeness (QED) is 0.839. The number of nitrogens with zero attached hydrogens (tertiary/aromatic N) is 2. The maximum absolute atomic E-state index is 5.29. The lowest BCUT2D eigenvalue weighted by molar-refractivity contribution is 0.355. The van der Waals surface area contributed by atoms with Crippen LogP contribution >= 0.6 is 0 Å². The molecule has 0 saturated carbocycles. The van der Waals surface area contributed by atoms with Crippen LogP contribution in [0.3, 0.4) is 0 Å². The highest BCUT2D eigenvalue weighted by Crippen LogP contribution is 2.14. The summed E-state index contributed by atoms with van der Waals surface area (Å²) in [6.45, 7) is 2.13. The Morgan fingerprint density at radius 2 is 2.05 bits per heavy atom. The van der Waals surface area contributed by atoms with Crippen LogP contribution in [0.2, 0.25) is 0 Å². The fraction of sp³-hybridized carbons (Fsp3) is 0.467. The highest BCUT2D eigenvalue weighted by molar-refractivity contribution is 5.28. The molecule has 0 aliphatic heterocycles. The van der Waals surface area contributed by atoms with Gasteiger partial charge in [-0.25, -0.2) is 0 Å². The van der Waals surface area contributed by atoms with Crippen LogP contribution in [0, 0.1) is 0 Å². The van der Waals surface area contributed by atoms with E-state index >= 15 is 0 Å². The third-order valence-electron chi connectivity index (χ3n) is 3.35. The molecule has 1 aromatic heterocycles. The van der Waals surface area contributed by atoms with Gasteiger partial charge in [0.1, 0.15) is 5.75 Å². The first-order valence-corrected chi connectivity index (χ1v) is 6.86. The summed E-state index contributed by atoms with van der Waals surface area (Å²) in [5.74, 6) is 2.26. The molecule has 5 nitrogen and oxygen atoms in total. The molecule has 0 radical (unpaired) electrons. The van der Waals surface area contributed by atoms with E-state index in [1.165, 1.54) is 0 Å². The van der Waals surface area contributed by atoms with E-state index < -0.39 is 0 Å². The van der Waals surface area contributed by atoms with Crippen LogP contribution in [0.4, 0.5) is 0 Å². The summed E-state index contributed by atoms with van der Waals surface area (Å²) in [5, 5.41) is 7.26. The molecule has 0 spiro atoms. The van der Waals surface area contributed by atoms with Crippen LogP contribution in [0.25, 0.3) is 0 Å². The van der Waals surface area contributed by atoms with Crippen LogP contribution in [-0.4, -0.2) is 30.3 Å². The first kappa shape index (κ1) is 14.5. The third kappa shape index (κ3) is 3.81. The standard InChI is InChI=1S/C15H21N3O2/c1-4-12(16-2)10-15-17-14(18-20-15)9-11-5-7-13(19-3)8-6-11/h5-8,12,16H,4,9-10H2,1-3H3. The highest BCUT2D eigenvalue weighted by Gasteiger charge is 2.12. The Labute approximate surface area is 119 Å². The number of aromatic nitrogens is 2. The average molecular weight is 275 g/mol. The number of likely N-dealkylation sites (N-methyl/N-ethyl adjacent to an activating group) is 1.